The lowest BCUT2D eigenvalue weighted by Gasteiger charge is -2.16. The van der Waals surface area contributed by atoms with E-state index in [4.69, 9.17) is 0 Å². The Morgan fingerprint density at radius 2 is 2.20 bits per heavy atom. The average Bonchev–Trinajstić information content (AvgIpc) is 2.90. The van der Waals surface area contributed by atoms with Crippen molar-refractivity contribution in [2.24, 2.45) is 5.41 Å². The number of anilines is 1. The van der Waals surface area contributed by atoms with Gasteiger partial charge in [-0.05, 0) is 19.8 Å². The standard InChI is InChI=1S/C12H17N5O2S/c1-9-5-10(17-11(16-9)14-8-15-17)13-6-12(3-4-12)7-20(2,18)19/h5,8,13H,3-4,6-7H2,1-2H3. The molecule has 0 radical (unpaired) electrons. The molecule has 7 nitrogen and oxygen atoms in total. The minimum absolute atomic E-state index is 0.127. The molecular formula is C12H17N5O2S. The second kappa shape index (κ2) is 4.41. The molecule has 0 aliphatic heterocycles. The van der Waals surface area contributed by atoms with Gasteiger partial charge in [0.1, 0.15) is 22.0 Å². The molecule has 8 heteroatoms. The predicted octanol–water partition coefficient (Wildman–Crippen LogP) is 0.669. The number of sulfone groups is 1. The summed E-state index contributed by atoms with van der Waals surface area (Å²) < 4.78 is 24.5. The number of rotatable bonds is 5. The number of aromatic nitrogens is 4. The average molecular weight is 295 g/mol. The van der Waals surface area contributed by atoms with E-state index in [9.17, 15) is 8.42 Å². The van der Waals surface area contributed by atoms with E-state index in [2.05, 4.69) is 20.4 Å². The van der Waals surface area contributed by atoms with Crippen LogP contribution in [0, 0.1) is 12.3 Å². The number of aryl methyl sites for hydroxylation is 1. The second-order valence-electron chi connectivity index (χ2n) is 5.68. The van der Waals surface area contributed by atoms with E-state index < -0.39 is 9.84 Å². The first-order valence-electron chi connectivity index (χ1n) is 6.46. The highest BCUT2D eigenvalue weighted by atomic mass is 32.2. The highest BCUT2D eigenvalue weighted by molar-refractivity contribution is 7.90. The monoisotopic (exact) mass is 295 g/mol. The Labute approximate surface area is 117 Å². The first kappa shape index (κ1) is 13.3. The highest BCUT2D eigenvalue weighted by Crippen LogP contribution is 2.46. The molecule has 0 atom stereocenters. The molecule has 0 aromatic carbocycles. The summed E-state index contributed by atoms with van der Waals surface area (Å²) in [5.41, 5.74) is 0.721. The van der Waals surface area contributed by atoms with Crippen molar-refractivity contribution in [3.05, 3.63) is 18.1 Å². The van der Waals surface area contributed by atoms with Crippen molar-refractivity contribution in [1.29, 1.82) is 0 Å². The third-order valence-electron chi connectivity index (χ3n) is 3.55. The van der Waals surface area contributed by atoms with Crippen LogP contribution in [-0.2, 0) is 9.84 Å². The highest BCUT2D eigenvalue weighted by Gasteiger charge is 2.45. The summed E-state index contributed by atoms with van der Waals surface area (Å²) in [4.78, 5) is 8.33. The number of nitrogens with zero attached hydrogens (tertiary/aromatic N) is 4. The summed E-state index contributed by atoms with van der Waals surface area (Å²) in [5.74, 6) is 1.57. The van der Waals surface area contributed by atoms with Gasteiger partial charge in [-0.25, -0.2) is 13.4 Å². The zero-order chi connectivity index (χ0) is 14.4. The molecule has 2 aromatic heterocycles. The summed E-state index contributed by atoms with van der Waals surface area (Å²) >= 11 is 0. The van der Waals surface area contributed by atoms with Gasteiger partial charge in [0.15, 0.2) is 0 Å². The van der Waals surface area contributed by atoms with Crippen LogP contribution in [-0.4, -0.2) is 46.6 Å². The number of hydrogen-bond acceptors (Lipinski definition) is 6. The maximum atomic E-state index is 11.5. The van der Waals surface area contributed by atoms with Gasteiger partial charge in [-0.2, -0.15) is 14.6 Å². The molecule has 0 spiro atoms. The van der Waals surface area contributed by atoms with Crippen LogP contribution in [0.25, 0.3) is 5.78 Å². The Hall–Kier alpha value is -1.70. The number of hydrogen-bond donors (Lipinski definition) is 1. The molecule has 1 N–H and O–H groups in total. The fourth-order valence-electron chi connectivity index (χ4n) is 2.44. The van der Waals surface area contributed by atoms with Crippen LogP contribution in [0.3, 0.4) is 0 Å². The molecular weight excluding hydrogens is 278 g/mol. The fourth-order valence-corrected chi connectivity index (χ4v) is 3.94. The molecule has 1 saturated carbocycles. The summed E-state index contributed by atoms with van der Waals surface area (Å²) in [7, 11) is -2.95. The minimum atomic E-state index is -2.95. The van der Waals surface area contributed by atoms with E-state index in [1.165, 1.54) is 12.6 Å². The number of nitrogens with one attached hydrogen (secondary N) is 1. The third-order valence-corrected chi connectivity index (χ3v) is 4.69. The van der Waals surface area contributed by atoms with Gasteiger partial charge in [0, 0.05) is 30.0 Å². The molecule has 0 amide bonds. The Bertz CT molecular complexity index is 748. The van der Waals surface area contributed by atoms with Gasteiger partial charge in [0.25, 0.3) is 5.78 Å². The lowest BCUT2D eigenvalue weighted by molar-refractivity contribution is 0.560. The molecule has 3 rings (SSSR count). The Morgan fingerprint density at radius 1 is 1.45 bits per heavy atom. The van der Waals surface area contributed by atoms with E-state index in [1.54, 1.807) is 4.52 Å². The normalized spacial score (nSPS) is 17.3. The molecule has 2 heterocycles. The smallest absolute Gasteiger partial charge is 0.254 e. The van der Waals surface area contributed by atoms with Crippen molar-refractivity contribution < 1.29 is 8.42 Å². The molecule has 1 aliphatic rings. The van der Waals surface area contributed by atoms with E-state index in [1.807, 2.05) is 13.0 Å². The molecule has 1 aliphatic carbocycles. The van der Waals surface area contributed by atoms with Crippen LogP contribution in [0.15, 0.2) is 12.4 Å². The summed E-state index contributed by atoms with van der Waals surface area (Å²) in [5, 5.41) is 7.41. The van der Waals surface area contributed by atoms with Crippen LogP contribution < -0.4 is 5.32 Å². The van der Waals surface area contributed by atoms with Gasteiger partial charge in [0.05, 0.1) is 5.75 Å². The van der Waals surface area contributed by atoms with Crippen molar-refractivity contribution >= 4 is 21.4 Å². The van der Waals surface area contributed by atoms with Gasteiger partial charge in [0.2, 0.25) is 0 Å². The third kappa shape index (κ3) is 2.74. The van der Waals surface area contributed by atoms with Gasteiger partial charge in [-0.1, -0.05) is 0 Å². The van der Waals surface area contributed by atoms with E-state index in [0.717, 1.165) is 24.4 Å². The van der Waals surface area contributed by atoms with E-state index in [0.29, 0.717) is 12.3 Å². The van der Waals surface area contributed by atoms with Gasteiger partial charge in [-0.3, -0.25) is 0 Å². The van der Waals surface area contributed by atoms with Crippen molar-refractivity contribution in [2.75, 3.05) is 23.9 Å². The maximum Gasteiger partial charge on any atom is 0.254 e. The lowest BCUT2D eigenvalue weighted by atomic mass is 10.1. The predicted molar refractivity (Wildman–Crippen MR) is 75.4 cm³/mol. The topological polar surface area (TPSA) is 89.2 Å². The van der Waals surface area contributed by atoms with Crippen LogP contribution in [0.2, 0.25) is 0 Å². The van der Waals surface area contributed by atoms with E-state index >= 15 is 0 Å². The van der Waals surface area contributed by atoms with Crippen molar-refractivity contribution in [3.8, 4) is 0 Å². The van der Waals surface area contributed by atoms with Gasteiger partial charge in [-0.15, -0.1) is 0 Å². The molecule has 0 bridgehead atoms. The fraction of sp³-hybridized carbons (Fsp3) is 0.583. The van der Waals surface area contributed by atoms with Gasteiger partial charge < -0.3 is 5.32 Å². The Balaban J connectivity index is 1.79. The quantitative estimate of drug-likeness (QED) is 0.872. The Kier molecular flexibility index (Phi) is 2.93. The summed E-state index contributed by atoms with van der Waals surface area (Å²) in [6.07, 6.45) is 4.63. The molecule has 108 valence electrons. The SMILES string of the molecule is Cc1cc(NCC2(CS(C)(=O)=O)CC2)n2ncnc2n1. The van der Waals surface area contributed by atoms with E-state index in [-0.39, 0.29) is 11.2 Å². The zero-order valence-corrected chi connectivity index (χ0v) is 12.3. The zero-order valence-electron chi connectivity index (χ0n) is 11.5. The summed E-state index contributed by atoms with van der Waals surface area (Å²) in [6, 6.07) is 1.89. The second-order valence-corrected chi connectivity index (χ2v) is 7.82. The molecule has 0 saturated heterocycles. The van der Waals surface area contributed by atoms with Crippen molar-refractivity contribution in [3.63, 3.8) is 0 Å². The maximum absolute atomic E-state index is 11.5. The molecule has 20 heavy (non-hydrogen) atoms. The lowest BCUT2D eigenvalue weighted by Crippen LogP contribution is -2.25. The molecule has 1 fully saturated rings. The Morgan fingerprint density at radius 3 is 2.85 bits per heavy atom. The number of fused-ring (bicyclic) bond motifs is 1. The van der Waals surface area contributed by atoms with Crippen LogP contribution in [0.5, 0.6) is 0 Å². The van der Waals surface area contributed by atoms with Crippen LogP contribution in [0.1, 0.15) is 18.5 Å². The van der Waals surface area contributed by atoms with Crippen LogP contribution >= 0.6 is 0 Å². The molecule has 2 aromatic rings. The first-order chi connectivity index (χ1) is 9.37. The van der Waals surface area contributed by atoms with Crippen molar-refractivity contribution in [1.82, 2.24) is 19.6 Å². The first-order valence-corrected chi connectivity index (χ1v) is 8.52. The summed E-state index contributed by atoms with van der Waals surface area (Å²) in [6.45, 7) is 2.52. The largest absolute Gasteiger partial charge is 0.369 e. The van der Waals surface area contributed by atoms with Crippen molar-refractivity contribution in [2.45, 2.75) is 19.8 Å². The minimum Gasteiger partial charge on any atom is -0.369 e. The van der Waals surface area contributed by atoms with Gasteiger partial charge >= 0.3 is 0 Å². The molecule has 0 unspecified atom stereocenters. The van der Waals surface area contributed by atoms with Crippen LogP contribution in [0.4, 0.5) is 5.82 Å².